The van der Waals surface area contributed by atoms with Crippen molar-refractivity contribution >= 4 is 8.18 Å². The van der Waals surface area contributed by atoms with Crippen LogP contribution in [-0.4, -0.2) is 44.6 Å². The molecule has 0 saturated heterocycles. The molecule has 0 aliphatic rings. The minimum atomic E-state index is -1.75. The van der Waals surface area contributed by atoms with Gasteiger partial charge < -0.3 is 10.5 Å². The first-order valence-corrected chi connectivity index (χ1v) is 5.83. The van der Waals surface area contributed by atoms with E-state index in [4.69, 9.17) is 15.0 Å². The van der Waals surface area contributed by atoms with E-state index >= 15 is 0 Å². The van der Waals surface area contributed by atoms with Gasteiger partial charge in [0, 0.05) is 27.2 Å². The highest BCUT2D eigenvalue weighted by molar-refractivity contribution is 7.36. The molecule has 2 N–H and O–H groups in total. The summed E-state index contributed by atoms with van der Waals surface area (Å²) < 4.78 is 23.2. The molecule has 0 amide bonds. The van der Waals surface area contributed by atoms with Gasteiger partial charge in [-0.15, -0.1) is 4.52 Å². The Morgan fingerprint density at radius 1 is 1.50 bits per heavy atom. The van der Waals surface area contributed by atoms with Crippen LogP contribution in [0.2, 0.25) is 0 Å². The quantitative estimate of drug-likeness (QED) is 0.621. The molecule has 0 rings (SSSR count). The minimum Gasteiger partial charge on any atom is -0.374 e. The molecule has 0 heterocycles. The van der Waals surface area contributed by atoms with Gasteiger partial charge in [-0.3, -0.25) is 0 Å². The summed E-state index contributed by atoms with van der Waals surface area (Å²) in [6, 6.07) is 0. The van der Waals surface area contributed by atoms with E-state index in [-0.39, 0.29) is 12.7 Å². The molecule has 6 heteroatoms. The Morgan fingerprint density at radius 2 is 2.14 bits per heavy atom. The maximum Gasteiger partial charge on any atom is 0.615 e. The van der Waals surface area contributed by atoms with Crippen LogP contribution in [0, 0.1) is 0 Å². The summed E-state index contributed by atoms with van der Waals surface area (Å²) in [5.74, 6) is 0. The topological polar surface area (TPSA) is 64.8 Å². The zero-order valence-electron chi connectivity index (χ0n) is 9.10. The molecular weight excluding hydrogens is 203 g/mol. The number of rotatable bonds is 8. The lowest BCUT2D eigenvalue weighted by Crippen LogP contribution is -2.28. The monoisotopic (exact) mass is 223 g/mol. The molecule has 14 heavy (non-hydrogen) atoms. The Kier molecular flexibility index (Phi) is 8.23. The first-order valence-electron chi connectivity index (χ1n) is 4.70. The van der Waals surface area contributed by atoms with Gasteiger partial charge in [0.2, 0.25) is 0 Å². The Morgan fingerprint density at radius 3 is 2.57 bits per heavy atom. The summed E-state index contributed by atoms with van der Waals surface area (Å²) in [5.41, 5.74) is 5.46. The highest BCUT2D eigenvalue weighted by Crippen LogP contribution is 2.24. The number of nitrogens with two attached hydrogens (primary N) is 1. The molecule has 0 saturated carbocycles. The van der Waals surface area contributed by atoms with E-state index < -0.39 is 8.18 Å². The third-order valence-corrected chi connectivity index (χ3v) is 2.54. The summed E-state index contributed by atoms with van der Waals surface area (Å²) in [6.07, 6.45) is 0.782. The summed E-state index contributed by atoms with van der Waals surface area (Å²) in [6.45, 7) is 3.35. The number of hydrogen-bond acceptors (Lipinski definition) is 4. The predicted octanol–water partition coefficient (Wildman–Crippen LogP) is 0.976. The summed E-state index contributed by atoms with van der Waals surface area (Å²) in [4.78, 5) is 0. The first kappa shape index (κ1) is 13.9. The lowest BCUT2D eigenvalue weighted by molar-refractivity contribution is 0.0269. The van der Waals surface area contributed by atoms with Crippen LogP contribution in [0.1, 0.15) is 13.3 Å². The smallest absolute Gasteiger partial charge is 0.374 e. The molecule has 0 aromatic rings. The lowest BCUT2D eigenvalue weighted by atomic mass is 10.4. The van der Waals surface area contributed by atoms with Crippen LogP contribution in [0.25, 0.3) is 0 Å². The van der Waals surface area contributed by atoms with E-state index in [0.29, 0.717) is 13.2 Å². The van der Waals surface area contributed by atoms with Gasteiger partial charge in [0.1, 0.15) is 6.61 Å². The highest BCUT2D eigenvalue weighted by atomic mass is 31.1. The van der Waals surface area contributed by atoms with Gasteiger partial charge in [0.25, 0.3) is 0 Å². The fourth-order valence-corrected chi connectivity index (χ4v) is 1.26. The summed E-state index contributed by atoms with van der Waals surface area (Å²) in [7, 11) is 1.65. The maximum atomic E-state index is 11.2. The van der Waals surface area contributed by atoms with Gasteiger partial charge in [0.05, 0.1) is 6.10 Å². The fourth-order valence-electron chi connectivity index (χ4n) is 0.731. The van der Waals surface area contributed by atoms with Crippen molar-refractivity contribution in [3.8, 4) is 0 Å². The number of ether oxygens (including phenoxy) is 1. The van der Waals surface area contributed by atoms with Crippen LogP contribution >= 0.6 is 8.18 Å². The second-order valence-electron chi connectivity index (χ2n) is 3.11. The van der Waals surface area contributed by atoms with Crippen LogP contribution in [-0.2, 0) is 13.8 Å². The Bertz CT molecular complexity index is 167. The van der Waals surface area contributed by atoms with Crippen molar-refractivity contribution in [2.75, 3.05) is 33.9 Å². The molecule has 0 aliphatic heterocycles. The van der Waals surface area contributed by atoms with E-state index in [9.17, 15) is 4.57 Å². The normalized spacial score (nSPS) is 14.5. The minimum absolute atomic E-state index is 0.158. The van der Waals surface area contributed by atoms with Crippen LogP contribution in [0.15, 0.2) is 0 Å². The second-order valence-corrected chi connectivity index (χ2v) is 4.64. The van der Waals surface area contributed by atoms with Gasteiger partial charge in [-0.25, -0.2) is 0 Å². The molecule has 5 nitrogen and oxygen atoms in total. The van der Waals surface area contributed by atoms with E-state index in [0.717, 1.165) is 6.42 Å². The van der Waals surface area contributed by atoms with Gasteiger partial charge in [-0.05, 0) is 11.0 Å². The van der Waals surface area contributed by atoms with E-state index in [1.54, 1.807) is 14.1 Å². The zero-order valence-corrected chi connectivity index (χ0v) is 10.00. The van der Waals surface area contributed by atoms with Crippen molar-refractivity contribution in [3.63, 3.8) is 0 Å². The molecule has 84 valence electrons. The largest absolute Gasteiger partial charge is 0.615 e. The van der Waals surface area contributed by atoms with Crippen molar-refractivity contribution in [3.05, 3.63) is 0 Å². The van der Waals surface area contributed by atoms with Gasteiger partial charge in [-0.2, -0.15) is 0 Å². The molecule has 0 aromatic heterocycles. The molecule has 2 atom stereocenters. The molecule has 0 bridgehead atoms. The summed E-state index contributed by atoms with van der Waals surface area (Å²) >= 11 is 0. The average molecular weight is 223 g/mol. The molecular formula is C8H20N2O3P+. The van der Waals surface area contributed by atoms with Crippen molar-refractivity contribution < 1.29 is 13.8 Å². The second kappa shape index (κ2) is 8.26. The first-order chi connectivity index (χ1) is 6.61. The number of hydrogen-bond donors (Lipinski definition) is 1. The SMILES string of the molecule is CCCO[C@@H](CN)CO[P+](=O)N(C)C. The standard InChI is InChI=1S/C8H20N2O3P/c1-4-5-12-8(6-9)7-13-14(11)10(2)3/h8H,4-7,9H2,1-3H3/q+1/t8-/m0/s1. The van der Waals surface area contributed by atoms with E-state index in [1.165, 1.54) is 4.67 Å². The third kappa shape index (κ3) is 6.40. The zero-order chi connectivity index (χ0) is 11.0. The molecule has 0 aliphatic carbocycles. The number of nitrogens with zero attached hydrogens (tertiary/aromatic N) is 1. The van der Waals surface area contributed by atoms with Gasteiger partial charge in [-0.1, -0.05) is 11.6 Å². The van der Waals surface area contributed by atoms with Gasteiger partial charge in [0.15, 0.2) is 0 Å². The molecule has 0 aromatic carbocycles. The van der Waals surface area contributed by atoms with E-state index in [1.807, 2.05) is 6.92 Å². The Hall–Kier alpha value is -0.0600. The van der Waals surface area contributed by atoms with Crippen LogP contribution in [0.5, 0.6) is 0 Å². The van der Waals surface area contributed by atoms with Crippen LogP contribution < -0.4 is 5.73 Å². The van der Waals surface area contributed by atoms with Crippen LogP contribution in [0.4, 0.5) is 0 Å². The van der Waals surface area contributed by atoms with Crippen LogP contribution in [0.3, 0.4) is 0 Å². The predicted molar refractivity (Wildman–Crippen MR) is 56.3 cm³/mol. The molecule has 0 spiro atoms. The van der Waals surface area contributed by atoms with Crippen molar-refractivity contribution in [1.29, 1.82) is 0 Å². The van der Waals surface area contributed by atoms with Gasteiger partial charge >= 0.3 is 8.18 Å². The van der Waals surface area contributed by atoms with Crippen molar-refractivity contribution in [2.45, 2.75) is 19.4 Å². The van der Waals surface area contributed by atoms with Crippen molar-refractivity contribution in [1.82, 2.24) is 4.67 Å². The molecule has 1 unspecified atom stereocenters. The maximum absolute atomic E-state index is 11.2. The lowest BCUT2D eigenvalue weighted by Gasteiger charge is -2.11. The summed E-state index contributed by atoms with van der Waals surface area (Å²) in [5, 5.41) is 0. The Balaban J connectivity index is 3.66. The highest BCUT2D eigenvalue weighted by Gasteiger charge is 2.23. The molecule has 0 radical (unpaired) electrons. The Labute approximate surface area is 86.5 Å². The molecule has 0 fully saturated rings. The van der Waals surface area contributed by atoms with E-state index in [2.05, 4.69) is 0 Å². The fraction of sp³-hybridized carbons (Fsp3) is 1.00. The van der Waals surface area contributed by atoms with Crippen molar-refractivity contribution in [2.24, 2.45) is 5.73 Å². The average Bonchev–Trinajstić information content (AvgIpc) is 2.17. The third-order valence-electron chi connectivity index (χ3n) is 1.52.